The Hall–Kier alpha value is -3.11. The first kappa shape index (κ1) is 18.3. The Kier molecular flexibility index (Phi) is 5.13. The van der Waals surface area contributed by atoms with Crippen LogP contribution in [0.15, 0.2) is 78.9 Å². The standard InChI is InChI=1S/C23H20ClN3O/c1-16(25-23(28)18-7-3-2-4-8-18)22-26-20-9-5-6-10-21(20)27(22)15-17-11-13-19(24)14-12-17/h2-14,16H,15H2,1H3,(H,25,28)/t16-/m0/s1. The first-order chi connectivity index (χ1) is 13.6. The second kappa shape index (κ2) is 7.87. The van der Waals surface area contributed by atoms with Crippen LogP contribution in [0.4, 0.5) is 0 Å². The quantitative estimate of drug-likeness (QED) is 0.508. The minimum Gasteiger partial charge on any atom is -0.342 e. The van der Waals surface area contributed by atoms with Crippen LogP contribution in [0.1, 0.15) is 34.7 Å². The van der Waals surface area contributed by atoms with Crippen molar-refractivity contribution in [1.29, 1.82) is 0 Å². The van der Waals surface area contributed by atoms with Crippen LogP contribution in [0.2, 0.25) is 5.02 Å². The van der Waals surface area contributed by atoms with Gasteiger partial charge in [0.25, 0.3) is 5.91 Å². The number of halogens is 1. The second-order valence-corrected chi connectivity index (χ2v) is 7.17. The molecule has 140 valence electrons. The molecule has 28 heavy (non-hydrogen) atoms. The van der Waals surface area contributed by atoms with E-state index in [0.717, 1.165) is 22.4 Å². The summed E-state index contributed by atoms with van der Waals surface area (Å²) in [5.41, 5.74) is 3.70. The highest BCUT2D eigenvalue weighted by atomic mass is 35.5. The zero-order valence-corrected chi connectivity index (χ0v) is 16.2. The maximum absolute atomic E-state index is 12.6. The van der Waals surface area contributed by atoms with Crippen LogP contribution in [0.25, 0.3) is 11.0 Å². The summed E-state index contributed by atoms with van der Waals surface area (Å²) in [6.45, 7) is 2.61. The first-order valence-corrected chi connectivity index (χ1v) is 9.55. The van der Waals surface area contributed by atoms with Crippen molar-refractivity contribution in [2.75, 3.05) is 0 Å². The second-order valence-electron chi connectivity index (χ2n) is 6.73. The summed E-state index contributed by atoms with van der Waals surface area (Å²) < 4.78 is 2.15. The summed E-state index contributed by atoms with van der Waals surface area (Å²) in [6.07, 6.45) is 0. The molecule has 0 bridgehead atoms. The Morgan fingerprint density at radius 3 is 2.43 bits per heavy atom. The van der Waals surface area contributed by atoms with Crippen molar-refractivity contribution >= 4 is 28.5 Å². The summed E-state index contributed by atoms with van der Waals surface area (Å²) in [7, 11) is 0. The van der Waals surface area contributed by atoms with Crippen molar-refractivity contribution in [3.05, 3.63) is 101 Å². The van der Waals surface area contributed by atoms with E-state index in [-0.39, 0.29) is 11.9 Å². The van der Waals surface area contributed by atoms with Crippen LogP contribution in [-0.2, 0) is 6.54 Å². The normalized spacial score (nSPS) is 12.1. The van der Waals surface area contributed by atoms with Gasteiger partial charge >= 0.3 is 0 Å². The van der Waals surface area contributed by atoms with E-state index in [0.29, 0.717) is 17.1 Å². The highest BCUT2D eigenvalue weighted by molar-refractivity contribution is 6.30. The largest absolute Gasteiger partial charge is 0.342 e. The van der Waals surface area contributed by atoms with Crippen molar-refractivity contribution in [3.8, 4) is 0 Å². The van der Waals surface area contributed by atoms with Gasteiger partial charge < -0.3 is 9.88 Å². The van der Waals surface area contributed by atoms with Crippen LogP contribution < -0.4 is 5.32 Å². The number of imidazole rings is 1. The smallest absolute Gasteiger partial charge is 0.251 e. The van der Waals surface area contributed by atoms with E-state index >= 15 is 0 Å². The van der Waals surface area contributed by atoms with Crippen LogP contribution in [0.3, 0.4) is 0 Å². The van der Waals surface area contributed by atoms with Gasteiger partial charge in [-0.3, -0.25) is 4.79 Å². The molecule has 5 heteroatoms. The van der Waals surface area contributed by atoms with E-state index in [1.54, 1.807) is 12.1 Å². The Balaban J connectivity index is 1.67. The van der Waals surface area contributed by atoms with Gasteiger partial charge in [-0.05, 0) is 48.9 Å². The third kappa shape index (κ3) is 3.78. The third-order valence-electron chi connectivity index (χ3n) is 4.71. The average molecular weight is 390 g/mol. The average Bonchev–Trinajstić information content (AvgIpc) is 3.09. The van der Waals surface area contributed by atoms with E-state index in [9.17, 15) is 4.79 Å². The molecule has 0 aliphatic carbocycles. The number of benzene rings is 3. The molecule has 1 amide bonds. The van der Waals surface area contributed by atoms with Crippen LogP contribution in [0, 0.1) is 0 Å². The first-order valence-electron chi connectivity index (χ1n) is 9.17. The Morgan fingerprint density at radius 1 is 1.00 bits per heavy atom. The molecule has 4 nitrogen and oxygen atoms in total. The van der Waals surface area contributed by atoms with Gasteiger partial charge in [-0.2, -0.15) is 0 Å². The number of aromatic nitrogens is 2. The zero-order valence-electron chi connectivity index (χ0n) is 15.5. The molecule has 0 aliphatic heterocycles. The summed E-state index contributed by atoms with van der Waals surface area (Å²) in [5.74, 6) is 0.707. The van der Waals surface area contributed by atoms with Gasteiger partial charge in [-0.15, -0.1) is 0 Å². The molecule has 0 saturated heterocycles. The van der Waals surface area contributed by atoms with Crippen LogP contribution >= 0.6 is 11.6 Å². The van der Waals surface area contributed by atoms with Crippen molar-refractivity contribution in [3.63, 3.8) is 0 Å². The molecule has 1 aromatic heterocycles. The topological polar surface area (TPSA) is 46.9 Å². The fraction of sp³-hybridized carbons (Fsp3) is 0.130. The lowest BCUT2D eigenvalue weighted by Gasteiger charge is -2.16. The van der Waals surface area contributed by atoms with Crippen molar-refractivity contribution < 1.29 is 4.79 Å². The molecular weight excluding hydrogens is 370 g/mol. The van der Waals surface area contributed by atoms with E-state index in [1.165, 1.54) is 0 Å². The highest BCUT2D eigenvalue weighted by Crippen LogP contribution is 2.23. The molecular formula is C23H20ClN3O. The van der Waals surface area contributed by atoms with Crippen LogP contribution in [0.5, 0.6) is 0 Å². The van der Waals surface area contributed by atoms with Crippen molar-refractivity contribution in [1.82, 2.24) is 14.9 Å². The number of nitrogens with one attached hydrogen (secondary N) is 1. The Bertz CT molecular complexity index is 1100. The summed E-state index contributed by atoms with van der Waals surface area (Å²) >= 11 is 6.02. The number of hydrogen-bond donors (Lipinski definition) is 1. The fourth-order valence-corrected chi connectivity index (χ4v) is 3.42. The Labute approximate surface area is 168 Å². The predicted molar refractivity (Wildman–Crippen MR) is 113 cm³/mol. The van der Waals surface area contributed by atoms with Crippen LogP contribution in [-0.4, -0.2) is 15.5 Å². The maximum Gasteiger partial charge on any atom is 0.251 e. The predicted octanol–water partition coefficient (Wildman–Crippen LogP) is 5.23. The van der Waals surface area contributed by atoms with Crippen molar-refractivity contribution in [2.45, 2.75) is 19.5 Å². The molecule has 4 aromatic rings. The Morgan fingerprint density at radius 2 is 1.68 bits per heavy atom. The number of fused-ring (bicyclic) bond motifs is 1. The van der Waals surface area contributed by atoms with Gasteiger partial charge in [0, 0.05) is 17.1 Å². The number of para-hydroxylation sites is 2. The lowest BCUT2D eigenvalue weighted by Crippen LogP contribution is -2.28. The van der Waals surface area contributed by atoms with E-state index in [2.05, 4.69) is 9.88 Å². The van der Waals surface area contributed by atoms with E-state index in [1.807, 2.05) is 73.7 Å². The van der Waals surface area contributed by atoms with Gasteiger partial charge in [0.15, 0.2) is 0 Å². The molecule has 0 saturated carbocycles. The number of hydrogen-bond acceptors (Lipinski definition) is 2. The SMILES string of the molecule is C[C@H](NC(=O)c1ccccc1)c1nc2ccccc2n1Cc1ccc(Cl)cc1. The molecule has 0 fully saturated rings. The lowest BCUT2D eigenvalue weighted by molar-refractivity contribution is 0.0938. The fourth-order valence-electron chi connectivity index (χ4n) is 3.30. The molecule has 4 rings (SSSR count). The van der Waals surface area contributed by atoms with E-state index < -0.39 is 0 Å². The lowest BCUT2D eigenvalue weighted by atomic mass is 10.2. The number of amides is 1. The molecule has 0 radical (unpaired) electrons. The van der Waals surface area contributed by atoms with Gasteiger partial charge in [0.05, 0.1) is 17.1 Å². The molecule has 1 atom stereocenters. The van der Waals surface area contributed by atoms with Gasteiger partial charge in [0.2, 0.25) is 0 Å². The molecule has 0 spiro atoms. The number of nitrogens with zero attached hydrogens (tertiary/aromatic N) is 2. The zero-order chi connectivity index (χ0) is 19.5. The molecule has 1 heterocycles. The highest BCUT2D eigenvalue weighted by Gasteiger charge is 2.19. The number of carbonyl (C=O) groups is 1. The van der Waals surface area contributed by atoms with Gasteiger partial charge in [-0.25, -0.2) is 4.98 Å². The van der Waals surface area contributed by atoms with Gasteiger partial charge in [0.1, 0.15) is 5.82 Å². The summed E-state index contributed by atoms with van der Waals surface area (Å²) in [4.78, 5) is 17.4. The minimum absolute atomic E-state index is 0.113. The molecule has 3 aromatic carbocycles. The minimum atomic E-state index is -0.243. The van der Waals surface area contributed by atoms with Crippen molar-refractivity contribution in [2.24, 2.45) is 0 Å². The monoisotopic (exact) mass is 389 g/mol. The third-order valence-corrected chi connectivity index (χ3v) is 4.96. The molecule has 0 unspecified atom stereocenters. The molecule has 1 N–H and O–H groups in total. The van der Waals surface area contributed by atoms with Gasteiger partial charge in [-0.1, -0.05) is 54.1 Å². The number of rotatable bonds is 5. The van der Waals surface area contributed by atoms with E-state index in [4.69, 9.17) is 16.6 Å². The maximum atomic E-state index is 12.6. The molecule has 0 aliphatic rings. The summed E-state index contributed by atoms with van der Waals surface area (Å²) in [6, 6.07) is 24.8. The number of carbonyl (C=O) groups excluding carboxylic acids is 1. The summed E-state index contributed by atoms with van der Waals surface area (Å²) in [5, 5.41) is 3.78.